The van der Waals surface area contributed by atoms with Crippen LogP contribution in [0.4, 0.5) is 0 Å². The first-order chi connectivity index (χ1) is 8.61. The third-order valence-electron chi connectivity index (χ3n) is 3.51. The van der Waals surface area contributed by atoms with Crippen LogP contribution in [0.25, 0.3) is 0 Å². The molecule has 3 heteroatoms. The van der Waals surface area contributed by atoms with Crippen LogP contribution in [0.1, 0.15) is 30.9 Å². The van der Waals surface area contributed by atoms with Crippen molar-refractivity contribution >= 4 is 5.91 Å². The van der Waals surface area contributed by atoms with E-state index in [-0.39, 0.29) is 11.9 Å². The molecule has 1 saturated carbocycles. The summed E-state index contributed by atoms with van der Waals surface area (Å²) < 4.78 is 0. The van der Waals surface area contributed by atoms with Gasteiger partial charge in [0.1, 0.15) is 0 Å². The molecule has 0 radical (unpaired) electrons. The number of amides is 1. The molecule has 1 aliphatic rings. The van der Waals surface area contributed by atoms with Crippen LogP contribution in [0.2, 0.25) is 0 Å². The normalized spacial score (nSPS) is 16.4. The predicted molar refractivity (Wildman–Crippen MR) is 73.3 cm³/mol. The lowest BCUT2D eigenvalue weighted by Crippen LogP contribution is -2.44. The molecule has 1 amide bonds. The van der Waals surface area contributed by atoms with Crippen molar-refractivity contribution in [3.05, 3.63) is 35.4 Å². The van der Waals surface area contributed by atoms with Gasteiger partial charge in [-0.1, -0.05) is 29.8 Å². The van der Waals surface area contributed by atoms with Crippen molar-refractivity contribution < 1.29 is 4.79 Å². The highest BCUT2D eigenvalue weighted by Crippen LogP contribution is 2.29. The molecular formula is C15H22N2O. The van der Waals surface area contributed by atoms with Gasteiger partial charge < -0.3 is 10.2 Å². The number of carbonyl (C=O) groups is 1. The molecule has 3 nitrogen and oxygen atoms in total. The molecular weight excluding hydrogens is 224 g/mol. The van der Waals surface area contributed by atoms with Gasteiger partial charge in [-0.15, -0.1) is 0 Å². The van der Waals surface area contributed by atoms with Gasteiger partial charge in [-0.05, 0) is 39.3 Å². The molecule has 0 heterocycles. The third-order valence-corrected chi connectivity index (χ3v) is 3.51. The van der Waals surface area contributed by atoms with Crippen LogP contribution in [0.5, 0.6) is 0 Å². The summed E-state index contributed by atoms with van der Waals surface area (Å²) in [5.41, 5.74) is 2.47. The summed E-state index contributed by atoms with van der Waals surface area (Å²) in [5.74, 6) is 0.210. The molecule has 1 fully saturated rings. The van der Waals surface area contributed by atoms with E-state index < -0.39 is 0 Å². The van der Waals surface area contributed by atoms with Crippen LogP contribution in [-0.4, -0.2) is 29.9 Å². The van der Waals surface area contributed by atoms with E-state index in [9.17, 15) is 4.79 Å². The minimum atomic E-state index is -0.101. The fourth-order valence-corrected chi connectivity index (χ4v) is 2.15. The average Bonchev–Trinajstić information content (AvgIpc) is 3.18. The molecule has 1 aromatic carbocycles. The number of aryl methyl sites for hydroxylation is 1. The molecule has 1 aromatic rings. The molecule has 18 heavy (non-hydrogen) atoms. The highest BCUT2D eigenvalue weighted by Gasteiger charge is 2.34. The number of benzene rings is 1. The summed E-state index contributed by atoms with van der Waals surface area (Å²) in [4.78, 5) is 14.3. The van der Waals surface area contributed by atoms with Crippen molar-refractivity contribution in [1.29, 1.82) is 0 Å². The molecule has 0 bridgehead atoms. The Kier molecular flexibility index (Phi) is 4.02. The van der Waals surface area contributed by atoms with Gasteiger partial charge in [0.05, 0.1) is 6.04 Å². The van der Waals surface area contributed by atoms with Crippen molar-refractivity contribution in [3.8, 4) is 0 Å². The molecule has 0 spiro atoms. The van der Waals surface area contributed by atoms with Gasteiger partial charge in [0.15, 0.2) is 0 Å². The van der Waals surface area contributed by atoms with Crippen molar-refractivity contribution in [3.63, 3.8) is 0 Å². The van der Waals surface area contributed by atoms with Gasteiger partial charge in [0, 0.05) is 12.6 Å². The van der Waals surface area contributed by atoms with E-state index in [1.807, 2.05) is 18.9 Å². The van der Waals surface area contributed by atoms with Crippen LogP contribution in [0.3, 0.4) is 0 Å². The molecule has 2 rings (SSSR count). The molecule has 1 N–H and O–H groups in total. The smallest absolute Gasteiger partial charge is 0.239 e. The molecule has 0 saturated heterocycles. The largest absolute Gasteiger partial charge is 0.334 e. The summed E-state index contributed by atoms with van der Waals surface area (Å²) >= 11 is 0. The lowest BCUT2D eigenvalue weighted by molar-refractivity contribution is -0.134. The Balaban J connectivity index is 2.09. The lowest BCUT2D eigenvalue weighted by atomic mass is 10.1. The van der Waals surface area contributed by atoms with Gasteiger partial charge >= 0.3 is 0 Å². The second-order valence-corrected chi connectivity index (χ2v) is 5.20. The molecule has 1 atom stereocenters. The Morgan fingerprint density at radius 1 is 1.50 bits per heavy atom. The van der Waals surface area contributed by atoms with Crippen LogP contribution >= 0.6 is 0 Å². The third kappa shape index (κ3) is 3.10. The maximum absolute atomic E-state index is 12.3. The van der Waals surface area contributed by atoms with E-state index >= 15 is 0 Å². The van der Waals surface area contributed by atoms with Crippen LogP contribution < -0.4 is 5.32 Å². The number of hydrogen-bond donors (Lipinski definition) is 1. The minimum absolute atomic E-state index is 0.101. The molecule has 0 aliphatic heterocycles. The summed E-state index contributed by atoms with van der Waals surface area (Å²) in [6, 6.07) is 8.75. The van der Waals surface area contributed by atoms with E-state index in [0.717, 1.165) is 19.4 Å². The standard InChI is InChI=1S/C15H22N2O/c1-11-5-4-6-13(9-11)10-17(14-7-8-14)15(18)12(2)16-3/h4-6,9,12,14,16H,7-8,10H2,1-3H3. The maximum atomic E-state index is 12.3. The van der Waals surface area contributed by atoms with Crippen LogP contribution in [0.15, 0.2) is 24.3 Å². The summed E-state index contributed by atoms with van der Waals surface area (Å²) in [6.07, 6.45) is 2.29. The molecule has 1 unspecified atom stereocenters. The monoisotopic (exact) mass is 246 g/mol. The van der Waals surface area contributed by atoms with Crippen molar-refractivity contribution in [1.82, 2.24) is 10.2 Å². The van der Waals surface area contributed by atoms with Gasteiger partial charge in [0.2, 0.25) is 5.91 Å². The second-order valence-electron chi connectivity index (χ2n) is 5.20. The number of rotatable bonds is 5. The molecule has 0 aromatic heterocycles. The Labute approximate surface area is 109 Å². The Hall–Kier alpha value is -1.35. The first-order valence-electron chi connectivity index (χ1n) is 6.65. The highest BCUT2D eigenvalue weighted by molar-refractivity contribution is 5.82. The summed E-state index contributed by atoms with van der Waals surface area (Å²) in [6.45, 7) is 4.74. The Bertz CT molecular complexity index is 426. The first-order valence-corrected chi connectivity index (χ1v) is 6.65. The van der Waals surface area contributed by atoms with E-state index in [2.05, 4.69) is 36.5 Å². The SMILES string of the molecule is CNC(C)C(=O)N(Cc1cccc(C)c1)C1CC1. The van der Waals surface area contributed by atoms with Gasteiger partial charge in [-0.3, -0.25) is 4.79 Å². The lowest BCUT2D eigenvalue weighted by Gasteiger charge is -2.25. The second kappa shape index (κ2) is 5.53. The topological polar surface area (TPSA) is 32.3 Å². The molecule has 1 aliphatic carbocycles. The number of hydrogen-bond acceptors (Lipinski definition) is 2. The number of carbonyl (C=O) groups excluding carboxylic acids is 1. The van der Waals surface area contributed by atoms with Crippen molar-refractivity contribution in [2.45, 2.75) is 45.3 Å². The highest BCUT2D eigenvalue weighted by atomic mass is 16.2. The van der Waals surface area contributed by atoms with E-state index in [4.69, 9.17) is 0 Å². The van der Waals surface area contributed by atoms with Crippen LogP contribution in [-0.2, 0) is 11.3 Å². The van der Waals surface area contributed by atoms with Gasteiger partial charge in [-0.25, -0.2) is 0 Å². The zero-order chi connectivity index (χ0) is 13.1. The Morgan fingerprint density at radius 2 is 2.22 bits per heavy atom. The van der Waals surface area contributed by atoms with Crippen molar-refractivity contribution in [2.24, 2.45) is 0 Å². The zero-order valence-corrected chi connectivity index (χ0v) is 11.4. The minimum Gasteiger partial charge on any atom is -0.334 e. The van der Waals surface area contributed by atoms with E-state index in [1.165, 1.54) is 11.1 Å². The zero-order valence-electron chi connectivity index (χ0n) is 11.4. The van der Waals surface area contributed by atoms with E-state index in [0.29, 0.717) is 6.04 Å². The summed E-state index contributed by atoms with van der Waals surface area (Å²) in [5, 5.41) is 3.03. The average molecular weight is 246 g/mol. The quantitative estimate of drug-likeness (QED) is 0.863. The first kappa shape index (κ1) is 13.1. The Morgan fingerprint density at radius 3 is 2.78 bits per heavy atom. The fraction of sp³-hybridized carbons (Fsp3) is 0.533. The maximum Gasteiger partial charge on any atom is 0.239 e. The number of nitrogens with one attached hydrogen (secondary N) is 1. The predicted octanol–water partition coefficient (Wildman–Crippen LogP) is 2.09. The van der Waals surface area contributed by atoms with Crippen molar-refractivity contribution in [2.75, 3.05) is 7.05 Å². The number of nitrogens with zero attached hydrogens (tertiary/aromatic N) is 1. The van der Waals surface area contributed by atoms with Gasteiger partial charge in [-0.2, -0.15) is 0 Å². The fourth-order valence-electron chi connectivity index (χ4n) is 2.15. The summed E-state index contributed by atoms with van der Waals surface area (Å²) in [7, 11) is 1.83. The number of likely N-dealkylation sites (N-methyl/N-ethyl adjacent to an activating group) is 1. The van der Waals surface area contributed by atoms with Crippen LogP contribution in [0, 0.1) is 6.92 Å². The van der Waals surface area contributed by atoms with E-state index in [1.54, 1.807) is 0 Å². The van der Waals surface area contributed by atoms with Gasteiger partial charge in [0.25, 0.3) is 0 Å². The molecule has 98 valence electrons.